The Bertz CT molecular complexity index is 1000. The molecule has 0 bridgehead atoms. The Hall–Kier alpha value is -2.90. The number of methoxy groups -OCH3 is 2. The number of benzene rings is 2. The molecule has 0 aliphatic heterocycles. The standard InChI is InChI=1S/C20H20Cl2N4O3/c1-26-7-6-23-19(26)18(12-8-14(28-2)11-15(9-12)29-3)25-20(27)24-13-4-5-16(21)17(22)10-13/h4-11,18H,1-3H3,(H2,24,25,27)/t18-/m0/s1. The molecule has 29 heavy (non-hydrogen) atoms. The molecule has 0 aliphatic rings. The van der Waals surface area contributed by atoms with Crippen LogP contribution in [0.4, 0.5) is 10.5 Å². The third-order valence-corrected chi connectivity index (χ3v) is 5.02. The number of carbonyl (C=O) groups is 1. The average molecular weight is 435 g/mol. The lowest BCUT2D eigenvalue weighted by molar-refractivity contribution is 0.249. The number of rotatable bonds is 6. The van der Waals surface area contributed by atoms with Crippen LogP contribution in [0.1, 0.15) is 17.4 Å². The molecule has 0 unspecified atom stereocenters. The number of hydrogen-bond acceptors (Lipinski definition) is 4. The molecule has 0 radical (unpaired) electrons. The van der Waals surface area contributed by atoms with E-state index < -0.39 is 12.1 Å². The van der Waals surface area contributed by atoms with Crippen LogP contribution in [-0.4, -0.2) is 29.8 Å². The van der Waals surface area contributed by atoms with Gasteiger partial charge in [-0.1, -0.05) is 23.2 Å². The largest absolute Gasteiger partial charge is 0.497 e. The fourth-order valence-corrected chi connectivity index (χ4v) is 3.12. The molecule has 2 amide bonds. The van der Waals surface area contributed by atoms with Gasteiger partial charge in [-0.25, -0.2) is 9.78 Å². The van der Waals surface area contributed by atoms with E-state index in [0.29, 0.717) is 33.1 Å². The topological polar surface area (TPSA) is 77.4 Å². The van der Waals surface area contributed by atoms with Crippen LogP contribution in [0.25, 0.3) is 0 Å². The Balaban J connectivity index is 1.91. The summed E-state index contributed by atoms with van der Waals surface area (Å²) >= 11 is 12.0. The molecule has 7 nitrogen and oxygen atoms in total. The third-order valence-electron chi connectivity index (χ3n) is 4.28. The molecule has 0 spiro atoms. The number of aryl methyl sites for hydroxylation is 1. The van der Waals surface area contributed by atoms with Gasteiger partial charge in [-0.2, -0.15) is 0 Å². The minimum Gasteiger partial charge on any atom is -0.497 e. The van der Waals surface area contributed by atoms with Gasteiger partial charge in [-0.3, -0.25) is 0 Å². The first-order chi connectivity index (χ1) is 13.9. The smallest absolute Gasteiger partial charge is 0.320 e. The quantitative estimate of drug-likeness (QED) is 0.591. The number of carbonyl (C=O) groups excluding carboxylic acids is 1. The van der Waals surface area contributed by atoms with Gasteiger partial charge in [0.15, 0.2) is 0 Å². The summed E-state index contributed by atoms with van der Waals surface area (Å²) in [5.41, 5.74) is 1.26. The van der Waals surface area contributed by atoms with Crippen molar-refractivity contribution in [1.29, 1.82) is 0 Å². The van der Waals surface area contributed by atoms with Crippen molar-refractivity contribution in [2.24, 2.45) is 7.05 Å². The van der Waals surface area contributed by atoms with E-state index >= 15 is 0 Å². The molecule has 9 heteroatoms. The van der Waals surface area contributed by atoms with Crippen LogP contribution in [0.5, 0.6) is 11.5 Å². The maximum Gasteiger partial charge on any atom is 0.320 e. The van der Waals surface area contributed by atoms with Crippen molar-refractivity contribution in [2.75, 3.05) is 19.5 Å². The number of amides is 2. The van der Waals surface area contributed by atoms with Crippen molar-refractivity contribution in [1.82, 2.24) is 14.9 Å². The van der Waals surface area contributed by atoms with E-state index in [1.54, 1.807) is 50.9 Å². The fourth-order valence-electron chi connectivity index (χ4n) is 2.82. The number of ether oxygens (including phenoxy) is 2. The van der Waals surface area contributed by atoms with Gasteiger partial charge in [-0.05, 0) is 35.9 Å². The molecule has 3 rings (SSSR count). The van der Waals surface area contributed by atoms with Gasteiger partial charge in [0.2, 0.25) is 0 Å². The summed E-state index contributed by atoms with van der Waals surface area (Å²) in [5.74, 6) is 1.85. The van der Waals surface area contributed by atoms with Crippen molar-refractivity contribution in [3.8, 4) is 11.5 Å². The molecular formula is C20H20Cl2N4O3. The van der Waals surface area contributed by atoms with E-state index in [4.69, 9.17) is 32.7 Å². The molecule has 152 valence electrons. The Morgan fingerprint density at radius 2 is 1.76 bits per heavy atom. The fraction of sp³-hybridized carbons (Fsp3) is 0.200. The molecule has 0 saturated carbocycles. The Morgan fingerprint density at radius 1 is 1.07 bits per heavy atom. The molecule has 2 aromatic carbocycles. The SMILES string of the molecule is COc1cc(OC)cc([C@H](NC(=O)Nc2ccc(Cl)c(Cl)c2)c2nccn2C)c1. The van der Waals surface area contributed by atoms with Gasteiger partial charge in [0.1, 0.15) is 23.4 Å². The third kappa shape index (κ3) is 4.93. The molecule has 0 fully saturated rings. The lowest BCUT2D eigenvalue weighted by Crippen LogP contribution is -2.34. The van der Waals surface area contributed by atoms with Crippen molar-refractivity contribution in [3.05, 3.63) is 70.2 Å². The van der Waals surface area contributed by atoms with E-state index in [0.717, 1.165) is 5.56 Å². The summed E-state index contributed by atoms with van der Waals surface area (Å²) in [5, 5.41) is 6.46. The Kier molecular flexibility index (Phi) is 6.51. The first kappa shape index (κ1) is 20.8. The highest BCUT2D eigenvalue weighted by atomic mass is 35.5. The summed E-state index contributed by atoms with van der Waals surface area (Å²) in [4.78, 5) is 17.1. The lowest BCUT2D eigenvalue weighted by atomic mass is 10.1. The molecule has 3 aromatic rings. The second kappa shape index (κ2) is 9.07. The molecule has 1 atom stereocenters. The van der Waals surface area contributed by atoms with E-state index in [-0.39, 0.29) is 0 Å². The highest BCUT2D eigenvalue weighted by molar-refractivity contribution is 6.42. The number of nitrogens with one attached hydrogen (secondary N) is 2. The number of aromatic nitrogens is 2. The van der Waals surface area contributed by atoms with E-state index in [1.165, 1.54) is 0 Å². The number of nitrogens with zero attached hydrogens (tertiary/aromatic N) is 2. The van der Waals surface area contributed by atoms with Crippen LogP contribution >= 0.6 is 23.2 Å². The van der Waals surface area contributed by atoms with Crippen molar-refractivity contribution < 1.29 is 14.3 Å². The van der Waals surface area contributed by atoms with Gasteiger partial charge in [0, 0.05) is 31.2 Å². The molecule has 2 N–H and O–H groups in total. The zero-order chi connectivity index (χ0) is 21.0. The van der Waals surface area contributed by atoms with Crippen molar-refractivity contribution >= 4 is 34.9 Å². The summed E-state index contributed by atoms with van der Waals surface area (Å²) in [6.45, 7) is 0. The van der Waals surface area contributed by atoms with Gasteiger partial charge in [0.05, 0.1) is 24.3 Å². The highest BCUT2D eigenvalue weighted by Crippen LogP contribution is 2.30. The minimum atomic E-state index is -0.554. The number of halogens is 2. The van der Waals surface area contributed by atoms with Crippen LogP contribution in [-0.2, 0) is 7.05 Å². The zero-order valence-corrected chi connectivity index (χ0v) is 17.6. The van der Waals surface area contributed by atoms with Crippen LogP contribution in [0.2, 0.25) is 10.0 Å². The van der Waals surface area contributed by atoms with Gasteiger partial charge < -0.3 is 24.7 Å². The molecule has 1 aromatic heterocycles. The van der Waals surface area contributed by atoms with Gasteiger partial charge >= 0.3 is 6.03 Å². The summed E-state index contributed by atoms with van der Waals surface area (Å²) in [6, 6.07) is 9.27. The van der Waals surface area contributed by atoms with Crippen molar-refractivity contribution in [2.45, 2.75) is 6.04 Å². The molecule has 0 saturated heterocycles. The lowest BCUT2D eigenvalue weighted by Gasteiger charge is -2.21. The maximum absolute atomic E-state index is 12.7. The van der Waals surface area contributed by atoms with E-state index in [1.807, 2.05) is 23.7 Å². The van der Waals surface area contributed by atoms with Crippen LogP contribution < -0.4 is 20.1 Å². The summed E-state index contributed by atoms with van der Waals surface area (Å²) in [6.07, 6.45) is 3.47. The predicted molar refractivity (Wildman–Crippen MR) is 113 cm³/mol. The second-order valence-electron chi connectivity index (χ2n) is 6.20. The van der Waals surface area contributed by atoms with Crippen molar-refractivity contribution in [3.63, 3.8) is 0 Å². The maximum atomic E-state index is 12.7. The summed E-state index contributed by atoms with van der Waals surface area (Å²) < 4.78 is 12.5. The molecule has 1 heterocycles. The number of imidazole rings is 1. The second-order valence-corrected chi connectivity index (χ2v) is 7.02. The van der Waals surface area contributed by atoms with Crippen LogP contribution in [0.3, 0.4) is 0 Å². The highest BCUT2D eigenvalue weighted by Gasteiger charge is 2.22. The van der Waals surface area contributed by atoms with Crippen LogP contribution in [0.15, 0.2) is 48.8 Å². The normalized spacial score (nSPS) is 11.6. The molecular weight excluding hydrogens is 415 g/mol. The van der Waals surface area contributed by atoms with Gasteiger partial charge in [0.25, 0.3) is 0 Å². The molecule has 0 aliphatic carbocycles. The number of hydrogen-bond donors (Lipinski definition) is 2. The predicted octanol–water partition coefficient (Wildman–Crippen LogP) is 4.66. The monoisotopic (exact) mass is 434 g/mol. The first-order valence-corrected chi connectivity index (χ1v) is 9.39. The van der Waals surface area contributed by atoms with Crippen LogP contribution in [0, 0.1) is 0 Å². The number of anilines is 1. The van der Waals surface area contributed by atoms with E-state index in [2.05, 4.69) is 15.6 Å². The summed E-state index contributed by atoms with van der Waals surface area (Å²) in [7, 11) is 4.99. The Morgan fingerprint density at radius 3 is 2.31 bits per heavy atom. The van der Waals surface area contributed by atoms with E-state index in [9.17, 15) is 4.79 Å². The first-order valence-electron chi connectivity index (χ1n) is 8.64. The number of urea groups is 1. The minimum absolute atomic E-state index is 0.350. The van der Waals surface area contributed by atoms with Gasteiger partial charge in [-0.15, -0.1) is 0 Å². The Labute approximate surface area is 178 Å². The zero-order valence-electron chi connectivity index (χ0n) is 16.1. The average Bonchev–Trinajstić information content (AvgIpc) is 3.14.